The minimum atomic E-state index is -4.03. The summed E-state index contributed by atoms with van der Waals surface area (Å²) in [6.45, 7) is -0.255. The first kappa shape index (κ1) is 24.3. The molecular formula is C19H22F2N2O7S2. The second-order valence-electron chi connectivity index (χ2n) is 7.37. The lowest BCUT2D eigenvalue weighted by Gasteiger charge is -2.30. The zero-order chi connectivity index (χ0) is 23.7. The number of piperidine rings is 1. The average Bonchev–Trinajstić information content (AvgIpc) is 3.23. The molecule has 0 unspecified atom stereocenters. The quantitative estimate of drug-likeness (QED) is 0.543. The number of hydrogen-bond donors (Lipinski definition) is 0. The number of sulfonamides is 2. The highest BCUT2D eigenvalue weighted by molar-refractivity contribution is 7.89. The van der Waals surface area contributed by atoms with Crippen molar-refractivity contribution in [2.75, 3.05) is 27.2 Å². The van der Waals surface area contributed by atoms with Crippen molar-refractivity contribution in [2.45, 2.75) is 29.4 Å². The summed E-state index contributed by atoms with van der Waals surface area (Å²) < 4.78 is 88.3. The van der Waals surface area contributed by atoms with Crippen LogP contribution in [0.1, 0.15) is 18.6 Å². The third kappa shape index (κ3) is 5.00. The topological polar surface area (TPSA) is 114 Å². The summed E-state index contributed by atoms with van der Waals surface area (Å²) in [5.74, 6) is -3.39. The van der Waals surface area contributed by atoms with E-state index in [4.69, 9.17) is 9.15 Å². The van der Waals surface area contributed by atoms with E-state index in [0.717, 1.165) is 20.7 Å². The van der Waals surface area contributed by atoms with Gasteiger partial charge in [-0.1, -0.05) is 0 Å². The average molecular weight is 493 g/mol. The third-order valence-corrected chi connectivity index (χ3v) is 8.63. The molecule has 0 amide bonds. The number of carbonyl (C=O) groups is 1. The Morgan fingerprint density at radius 1 is 1.09 bits per heavy atom. The van der Waals surface area contributed by atoms with Gasteiger partial charge < -0.3 is 9.15 Å². The van der Waals surface area contributed by atoms with E-state index in [-0.39, 0.29) is 48.3 Å². The smallest absolute Gasteiger partial charge is 0.309 e. The molecule has 2 heterocycles. The normalized spacial score (nSPS) is 16.4. The third-order valence-electron chi connectivity index (χ3n) is 5.04. The Balaban J connectivity index is 1.56. The summed E-state index contributed by atoms with van der Waals surface area (Å²) >= 11 is 0. The molecule has 0 atom stereocenters. The minimum absolute atomic E-state index is 0.00702. The van der Waals surface area contributed by atoms with E-state index in [1.807, 2.05) is 0 Å². The number of rotatable bonds is 7. The van der Waals surface area contributed by atoms with Gasteiger partial charge >= 0.3 is 5.97 Å². The Labute approximate surface area is 184 Å². The van der Waals surface area contributed by atoms with Crippen LogP contribution in [0.25, 0.3) is 0 Å². The van der Waals surface area contributed by atoms with Crippen LogP contribution < -0.4 is 0 Å². The first-order chi connectivity index (χ1) is 14.9. The van der Waals surface area contributed by atoms with E-state index in [1.165, 1.54) is 26.2 Å². The SMILES string of the molecule is CN(C)S(=O)(=O)c1ccc(COC(=O)C2CCN(S(=O)(=O)c3ccc(F)c(F)c3)CC2)o1. The van der Waals surface area contributed by atoms with Gasteiger partial charge in [0.25, 0.3) is 10.0 Å². The van der Waals surface area contributed by atoms with Crippen LogP contribution in [0.2, 0.25) is 0 Å². The molecule has 9 nitrogen and oxygen atoms in total. The molecule has 0 aliphatic carbocycles. The van der Waals surface area contributed by atoms with E-state index in [9.17, 15) is 30.4 Å². The standard InChI is InChI=1S/C19H22F2N2O7S2/c1-22(2)32(27,28)18-6-3-14(30-18)12-29-19(24)13-7-9-23(10-8-13)31(25,26)15-4-5-16(20)17(21)11-15/h3-6,11,13H,7-10,12H2,1-2H3. The van der Waals surface area contributed by atoms with Gasteiger partial charge in [0, 0.05) is 27.2 Å². The first-order valence-electron chi connectivity index (χ1n) is 9.56. The van der Waals surface area contributed by atoms with Gasteiger partial charge in [0.1, 0.15) is 12.4 Å². The predicted octanol–water partition coefficient (Wildman–Crippen LogP) is 1.95. The molecule has 1 saturated heterocycles. The Morgan fingerprint density at radius 2 is 1.75 bits per heavy atom. The van der Waals surface area contributed by atoms with Gasteiger partial charge in [-0.3, -0.25) is 4.79 Å². The highest BCUT2D eigenvalue weighted by Gasteiger charge is 2.33. The van der Waals surface area contributed by atoms with Gasteiger partial charge in [0.15, 0.2) is 11.6 Å². The Hall–Kier alpha value is -2.35. The maximum absolute atomic E-state index is 13.4. The number of esters is 1. The van der Waals surface area contributed by atoms with Crippen molar-refractivity contribution in [1.29, 1.82) is 0 Å². The molecule has 32 heavy (non-hydrogen) atoms. The summed E-state index contributed by atoms with van der Waals surface area (Å²) in [4.78, 5) is 12.0. The predicted molar refractivity (Wildman–Crippen MR) is 107 cm³/mol. The largest absolute Gasteiger partial charge is 0.457 e. The van der Waals surface area contributed by atoms with Gasteiger partial charge in [-0.2, -0.15) is 4.31 Å². The highest BCUT2D eigenvalue weighted by Crippen LogP contribution is 2.26. The van der Waals surface area contributed by atoms with Gasteiger partial charge in [-0.15, -0.1) is 0 Å². The molecule has 1 aliphatic heterocycles. The Kier molecular flexibility index (Phi) is 7.03. The van der Waals surface area contributed by atoms with Crippen molar-refractivity contribution in [3.05, 3.63) is 47.7 Å². The lowest BCUT2D eigenvalue weighted by Crippen LogP contribution is -2.40. The summed E-state index contributed by atoms with van der Waals surface area (Å²) in [6.07, 6.45) is 0.361. The van der Waals surface area contributed by atoms with Crippen LogP contribution in [0.5, 0.6) is 0 Å². The van der Waals surface area contributed by atoms with Crippen LogP contribution in [-0.2, 0) is 36.2 Å². The van der Waals surface area contributed by atoms with E-state index >= 15 is 0 Å². The van der Waals surface area contributed by atoms with Crippen molar-refractivity contribution in [3.8, 4) is 0 Å². The van der Waals surface area contributed by atoms with Crippen molar-refractivity contribution in [3.63, 3.8) is 0 Å². The van der Waals surface area contributed by atoms with Crippen molar-refractivity contribution in [2.24, 2.45) is 5.92 Å². The maximum atomic E-state index is 13.4. The fourth-order valence-corrected chi connectivity index (χ4v) is 5.43. The molecule has 0 spiro atoms. The molecule has 0 radical (unpaired) electrons. The van der Waals surface area contributed by atoms with Gasteiger partial charge in [0.2, 0.25) is 15.1 Å². The van der Waals surface area contributed by atoms with Crippen LogP contribution in [-0.4, -0.2) is 58.6 Å². The van der Waals surface area contributed by atoms with E-state index in [1.54, 1.807) is 0 Å². The first-order valence-corrected chi connectivity index (χ1v) is 12.4. The zero-order valence-corrected chi connectivity index (χ0v) is 19.0. The Morgan fingerprint density at radius 3 is 2.34 bits per heavy atom. The summed E-state index contributed by atoms with van der Waals surface area (Å²) in [7, 11) is -5.05. The van der Waals surface area contributed by atoms with Crippen LogP contribution in [0.4, 0.5) is 8.78 Å². The monoisotopic (exact) mass is 492 g/mol. The molecule has 176 valence electrons. The minimum Gasteiger partial charge on any atom is -0.457 e. The molecule has 1 aromatic carbocycles. The molecule has 0 N–H and O–H groups in total. The van der Waals surface area contributed by atoms with Gasteiger partial charge in [0.05, 0.1) is 10.8 Å². The van der Waals surface area contributed by atoms with Crippen LogP contribution in [0.15, 0.2) is 44.7 Å². The maximum Gasteiger partial charge on any atom is 0.309 e. The summed E-state index contributed by atoms with van der Waals surface area (Å²) in [6, 6.07) is 5.01. The molecular weight excluding hydrogens is 470 g/mol. The highest BCUT2D eigenvalue weighted by atomic mass is 32.2. The fourth-order valence-electron chi connectivity index (χ4n) is 3.13. The lowest BCUT2D eigenvalue weighted by atomic mass is 9.98. The van der Waals surface area contributed by atoms with Crippen LogP contribution in [0, 0.1) is 17.6 Å². The molecule has 1 fully saturated rings. The molecule has 2 aromatic rings. The number of nitrogens with zero attached hydrogens (tertiary/aromatic N) is 2. The van der Waals surface area contributed by atoms with Crippen molar-refractivity contribution in [1.82, 2.24) is 8.61 Å². The van der Waals surface area contributed by atoms with E-state index in [0.29, 0.717) is 6.07 Å². The number of ether oxygens (including phenoxy) is 1. The van der Waals surface area contributed by atoms with Crippen LogP contribution >= 0.6 is 0 Å². The molecule has 3 rings (SSSR count). The number of benzene rings is 1. The van der Waals surface area contributed by atoms with Gasteiger partial charge in [-0.25, -0.2) is 29.9 Å². The van der Waals surface area contributed by atoms with E-state index < -0.39 is 43.6 Å². The second kappa shape index (κ2) is 9.25. The van der Waals surface area contributed by atoms with Crippen molar-refractivity contribution < 1.29 is 39.6 Å². The number of carbonyl (C=O) groups excluding carboxylic acids is 1. The van der Waals surface area contributed by atoms with Crippen LogP contribution in [0.3, 0.4) is 0 Å². The van der Waals surface area contributed by atoms with Gasteiger partial charge in [-0.05, 0) is 43.2 Å². The zero-order valence-electron chi connectivity index (χ0n) is 17.3. The summed E-state index contributed by atoms with van der Waals surface area (Å²) in [5, 5.41) is -0.274. The summed E-state index contributed by atoms with van der Waals surface area (Å²) in [5.41, 5.74) is 0. The number of furan rings is 1. The number of halogens is 2. The lowest BCUT2D eigenvalue weighted by molar-refractivity contribution is -0.151. The fraction of sp³-hybridized carbons (Fsp3) is 0.421. The number of hydrogen-bond acceptors (Lipinski definition) is 7. The molecule has 0 bridgehead atoms. The Bertz CT molecular complexity index is 1200. The van der Waals surface area contributed by atoms with E-state index in [2.05, 4.69) is 0 Å². The molecule has 1 aromatic heterocycles. The molecule has 0 saturated carbocycles. The molecule has 13 heteroatoms. The molecule has 1 aliphatic rings. The second-order valence-corrected chi connectivity index (χ2v) is 11.4. The van der Waals surface area contributed by atoms with Crippen molar-refractivity contribution >= 4 is 26.0 Å².